The average Bonchev–Trinajstić information content (AvgIpc) is 2.74. The van der Waals surface area contributed by atoms with Crippen molar-refractivity contribution in [1.82, 2.24) is 20.4 Å². The third kappa shape index (κ3) is 0.915. The smallest absolute Gasteiger partial charge is 0.332 e. The van der Waals surface area contributed by atoms with Crippen LogP contribution in [0.1, 0.15) is 23.3 Å². The largest absolute Gasteiger partial charge is 0.479 e. The zero-order chi connectivity index (χ0) is 10.6. The minimum absolute atomic E-state index is 0.137. The molecule has 2 atom stereocenters. The van der Waals surface area contributed by atoms with E-state index in [1.807, 2.05) is 0 Å². The molecule has 0 aromatic carbocycles. The molecule has 7 nitrogen and oxygen atoms in total. The fraction of sp³-hybridized carbons (Fsp3) is 0.375. The van der Waals surface area contributed by atoms with Gasteiger partial charge in [0.2, 0.25) is 0 Å². The van der Waals surface area contributed by atoms with E-state index < -0.39 is 12.0 Å². The normalized spacial score (nSPS) is 27.5. The van der Waals surface area contributed by atoms with Crippen LogP contribution in [0.4, 0.5) is 4.79 Å². The maximum absolute atomic E-state index is 11.5. The lowest BCUT2D eigenvalue weighted by molar-refractivity contribution is -0.142. The summed E-state index contributed by atoms with van der Waals surface area (Å²) >= 11 is 0. The minimum atomic E-state index is -1.05. The highest BCUT2D eigenvalue weighted by Gasteiger charge is 2.46. The highest BCUT2D eigenvalue weighted by atomic mass is 16.4. The molecule has 2 amide bonds. The fourth-order valence-electron chi connectivity index (χ4n) is 2.17. The number of nitrogens with zero attached hydrogens (tertiary/aromatic N) is 2. The number of nitrogens with one attached hydrogen (secondary N) is 2. The summed E-state index contributed by atoms with van der Waals surface area (Å²) in [5.74, 6) is -1.05. The summed E-state index contributed by atoms with van der Waals surface area (Å²) in [6.45, 7) is 0.391. The Morgan fingerprint density at radius 1 is 1.67 bits per heavy atom. The molecule has 2 aliphatic rings. The molecule has 1 fully saturated rings. The van der Waals surface area contributed by atoms with Crippen LogP contribution in [0.2, 0.25) is 0 Å². The second-order valence-corrected chi connectivity index (χ2v) is 3.63. The van der Waals surface area contributed by atoms with E-state index in [4.69, 9.17) is 5.11 Å². The molecular weight excluding hydrogens is 200 g/mol. The summed E-state index contributed by atoms with van der Waals surface area (Å²) < 4.78 is 0. The van der Waals surface area contributed by atoms with Crippen molar-refractivity contribution in [2.75, 3.05) is 6.54 Å². The third-order valence-corrected chi connectivity index (χ3v) is 2.83. The summed E-state index contributed by atoms with van der Waals surface area (Å²) in [6, 6.07) is -1.42. The van der Waals surface area contributed by atoms with E-state index in [0.717, 1.165) is 5.56 Å². The number of aromatic amines is 1. The molecule has 15 heavy (non-hydrogen) atoms. The van der Waals surface area contributed by atoms with Crippen LogP contribution in [0.25, 0.3) is 0 Å². The predicted octanol–water partition coefficient (Wildman–Crippen LogP) is -0.385. The number of H-pyrrole nitrogens is 1. The van der Waals surface area contributed by atoms with Crippen molar-refractivity contribution in [3.63, 3.8) is 0 Å². The van der Waals surface area contributed by atoms with E-state index in [1.165, 1.54) is 4.90 Å². The maximum atomic E-state index is 11.5. The van der Waals surface area contributed by atoms with Gasteiger partial charge in [-0.2, -0.15) is 5.10 Å². The van der Waals surface area contributed by atoms with Crippen molar-refractivity contribution >= 4 is 12.0 Å². The second-order valence-electron chi connectivity index (χ2n) is 3.63. The van der Waals surface area contributed by atoms with E-state index in [0.29, 0.717) is 12.2 Å². The Morgan fingerprint density at radius 3 is 3.20 bits per heavy atom. The average molecular weight is 208 g/mol. The van der Waals surface area contributed by atoms with Crippen LogP contribution in [-0.2, 0) is 4.79 Å². The van der Waals surface area contributed by atoms with Gasteiger partial charge < -0.3 is 15.3 Å². The molecule has 0 spiro atoms. The van der Waals surface area contributed by atoms with Gasteiger partial charge in [-0.25, -0.2) is 9.59 Å². The van der Waals surface area contributed by atoms with Crippen molar-refractivity contribution in [3.05, 3.63) is 17.5 Å². The molecule has 78 valence electrons. The van der Waals surface area contributed by atoms with Gasteiger partial charge in [0, 0.05) is 12.1 Å². The summed E-state index contributed by atoms with van der Waals surface area (Å²) in [6.07, 6.45) is 1.57. The van der Waals surface area contributed by atoms with Crippen LogP contribution in [-0.4, -0.2) is 38.7 Å². The lowest BCUT2D eigenvalue weighted by Gasteiger charge is -2.26. The third-order valence-electron chi connectivity index (χ3n) is 2.83. The number of carboxylic acid groups (broad SMARTS) is 1. The van der Waals surface area contributed by atoms with Gasteiger partial charge in [0.15, 0.2) is 6.04 Å². The highest BCUT2D eigenvalue weighted by Crippen LogP contribution is 2.37. The van der Waals surface area contributed by atoms with E-state index in [-0.39, 0.29) is 12.1 Å². The van der Waals surface area contributed by atoms with Gasteiger partial charge in [-0.1, -0.05) is 0 Å². The quantitative estimate of drug-likeness (QED) is 0.585. The van der Waals surface area contributed by atoms with Crippen molar-refractivity contribution < 1.29 is 14.7 Å². The molecule has 3 rings (SSSR count). The predicted molar refractivity (Wildman–Crippen MR) is 46.9 cm³/mol. The molecule has 2 unspecified atom stereocenters. The Kier molecular flexibility index (Phi) is 1.38. The Balaban J connectivity index is 2.16. The number of carbonyl (C=O) groups excluding carboxylic acids is 1. The van der Waals surface area contributed by atoms with E-state index in [2.05, 4.69) is 15.5 Å². The molecule has 1 saturated heterocycles. The summed E-state index contributed by atoms with van der Waals surface area (Å²) in [4.78, 5) is 23.8. The van der Waals surface area contributed by atoms with Crippen molar-refractivity contribution in [3.8, 4) is 0 Å². The number of rotatable bonds is 1. The molecule has 3 heterocycles. The molecule has 1 aromatic heterocycles. The number of hydrogen-bond donors (Lipinski definition) is 3. The van der Waals surface area contributed by atoms with Crippen LogP contribution in [0, 0.1) is 0 Å². The van der Waals surface area contributed by atoms with Crippen molar-refractivity contribution in [1.29, 1.82) is 0 Å². The first-order valence-electron chi connectivity index (χ1n) is 4.51. The maximum Gasteiger partial charge on any atom is 0.332 e. The molecule has 1 aromatic rings. The van der Waals surface area contributed by atoms with Gasteiger partial charge in [0.05, 0.1) is 17.9 Å². The summed E-state index contributed by atoms with van der Waals surface area (Å²) in [5.41, 5.74) is 1.27. The first kappa shape index (κ1) is 8.27. The Hall–Kier alpha value is -2.05. The molecule has 0 saturated carbocycles. The lowest BCUT2D eigenvalue weighted by atomic mass is 9.99. The number of amides is 2. The van der Waals surface area contributed by atoms with Gasteiger partial charge in [0.25, 0.3) is 0 Å². The summed E-state index contributed by atoms with van der Waals surface area (Å²) in [5, 5.41) is 18.2. The van der Waals surface area contributed by atoms with E-state index in [1.54, 1.807) is 6.20 Å². The topological polar surface area (TPSA) is 98.3 Å². The SMILES string of the molecule is O=C(O)C1c2[nH]ncc2C2CN1C(=O)N2. The lowest BCUT2D eigenvalue weighted by Crippen LogP contribution is -2.38. The molecule has 2 aliphatic heterocycles. The van der Waals surface area contributed by atoms with Crippen LogP contribution in [0.3, 0.4) is 0 Å². The first-order chi connectivity index (χ1) is 7.18. The van der Waals surface area contributed by atoms with Crippen LogP contribution in [0.15, 0.2) is 6.20 Å². The van der Waals surface area contributed by atoms with Gasteiger partial charge in [0.1, 0.15) is 0 Å². The minimum Gasteiger partial charge on any atom is -0.479 e. The number of hydrogen-bond acceptors (Lipinski definition) is 3. The van der Waals surface area contributed by atoms with Gasteiger partial charge >= 0.3 is 12.0 Å². The van der Waals surface area contributed by atoms with E-state index >= 15 is 0 Å². The van der Waals surface area contributed by atoms with Crippen LogP contribution < -0.4 is 5.32 Å². The number of urea groups is 1. The van der Waals surface area contributed by atoms with Crippen LogP contribution >= 0.6 is 0 Å². The standard InChI is InChI=1S/C8H8N4O3/c13-7(14)6-5-3(1-9-11-5)4-2-12(6)8(15)10-4/h1,4,6H,2H2,(H,9,11)(H,10,15)(H,13,14). The molecule has 2 bridgehead atoms. The molecular formula is C8H8N4O3. The number of carboxylic acids is 1. The zero-order valence-electron chi connectivity index (χ0n) is 7.60. The van der Waals surface area contributed by atoms with Gasteiger partial charge in [-0.05, 0) is 0 Å². The zero-order valence-corrected chi connectivity index (χ0v) is 7.60. The molecule has 3 N–H and O–H groups in total. The second kappa shape index (κ2) is 2.50. The fourth-order valence-corrected chi connectivity index (χ4v) is 2.17. The Bertz CT molecular complexity index is 454. The summed E-state index contributed by atoms with van der Waals surface area (Å²) in [7, 11) is 0. The number of fused-ring (bicyclic) bond motifs is 4. The Labute approximate surface area is 84.1 Å². The molecule has 0 aliphatic carbocycles. The Morgan fingerprint density at radius 2 is 2.47 bits per heavy atom. The molecule has 0 radical (unpaired) electrons. The first-order valence-corrected chi connectivity index (χ1v) is 4.51. The highest BCUT2D eigenvalue weighted by molar-refractivity contribution is 5.87. The van der Waals surface area contributed by atoms with Crippen molar-refractivity contribution in [2.24, 2.45) is 0 Å². The molecule has 7 heteroatoms. The monoisotopic (exact) mass is 208 g/mol. The number of aromatic nitrogens is 2. The number of carbonyl (C=O) groups is 2. The van der Waals surface area contributed by atoms with E-state index in [9.17, 15) is 9.59 Å². The number of aliphatic carboxylic acids is 1. The van der Waals surface area contributed by atoms with Crippen molar-refractivity contribution in [2.45, 2.75) is 12.1 Å². The van der Waals surface area contributed by atoms with Crippen LogP contribution in [0.5, 0.6) is 0 Å². The van der Waals surface area contributed by atoms with Gasteiger partial charge in [-0.15, -0.1) is 0 Å². The van der Waals surface area contributed by atoms with Gasteiger partial charge in [-0.3, -0.25) is 5.10 Å².